The predicted octanol–water partition coefficient (Wildman–Crippen LogP) is 2.72. The molecule has 0 aromatic carbocycles. The average molecular weight is 309 g/mol. The summed E-state index contributed by atoms with van der Waals surface area (Å²) in [6.45, 7) is 0.0536. The Bertz CT molecular complexity index is 291. The van der Waals surface area contributed by atoms with Crippen LogP contribution in [0.15, 0.2) is 0 Å². The summed E-state index contributed by atoms with van der Waals surface area (Å²) in [6.07, 6.45) is 0.542. The third-order valence-electron chi connectivity index (χ3n) is 2.11. The van der Waals surface area contributed by atoms with Gasteiger partial charge in [0.2, 0.25) is 9.03 Å². The number of hydrogen-bond acceptors (Lipinski definition) is 3. The molecule has 0 N–H and O–H groups in total. The number of halogens is 4. The van der Waals surface area contributed by atoms with Crippen LogP contribution >= 0.6 is 46.4 Å². The molecule has 1 amide bonds. The highest BCUT2D eigenvalue weighted by molar-refractivity contribution is 6.67. The van der Waals surface area contributed by atoms with Gasteiger partial charge in [0.05, 0.1) is 0 Å². The Morgan fingerprint density at radius 2 is 2.00 bits per heavy atom. The van der Waals surface area contributed by atoms with E-state index in [1.54, 1.807) is 0 Å². The SMILES string of the molecule is O=C(Cl)C1CCCN1C(=O)OCC(Cl)(Cl)Cl. The Kier molecular flexibility index (Phi) is 4.98. The zero-order valence-electron chi connectivity index (χ0n) is 8.09. The summed E-state index contributed by atoms with van der Waals surface area (Å²) >= 11 is 21.6. The monoisotopic (exact) mass is 307 g/mol. The molecule has 1 heterocycles. The Morgan fingerprint density at radius 1 is 1.38 bits per heavy atom. The number of ether oxygens (including phenoxy) is 1. The molecular weight excluding hydrogens is 300 g/mol. The van der Waals surface area contributed by atoms with Crippen LogP contribution in [0.1, 0.15) is 12.8 Å². The summed E-state index contributed by atoms with van der Waals surface area (Å²) in [7, 11) is 0. The quantitative estimate of drug-likeness (QED) is 0.582. The van der Waals surface area contributed by atoms with Gasteiger partial charge in [0.1, 0.15) is 12.6 Å². The Hall–Kier alpha value is 0.1000. The van der Waals surface area contributed by atoms with E-state index in [0.29, 0.717) is 19.4 Å². The molecule has 16 heavy (non-hydrogen) atoms. The third kappa shape index (κ3) is 4.17. The molecule has 92 valence electrons. The lowest BCUT2D eigenvalue weighted by atomic mass is 10.2. The first-order valence-corrected chi connectivity index (χ1v) is 6.02. The maximum absolute atomic E-state index is 11.5. The molecule has 0 aromatic rings. The van der Waals surface area contributed by atoms with Crippen molar-refractivity contribution < 1.29 is 14.3 Å². The van der Waals surface area contributed by atoms with Gasteiger partial charge in [-0.1, -0.05) is 34.8 Å². The van der Waals surface area contributed by atoms with Crippen LogP contribution in [0, 0.1) is 0 Å². The van der Waals surface area contributed by atoms with Gasteiger partial charge in [0.25, 0.3) is 0 Å². The molecule has 0 spiro atoms. The lowest BCUT2D eigenvalue weighted by molar-refractivity contribution is -0.115. The van der Waals surface area contributed by atoms with Gasteiger partial charge in [-0.2, -0.15) is 0 Å². The highest BCUT2D eigenvalue weighted by Gasteiger charge is 2.35. The summed E-state index contributed by atoms with van der Waals surface area (Å²) in [4.78, 5) is 23.8. The Morgan fingerprint density at radius 3 is 2.50 bits per heavy atom. The van der Waals surface area contributed by atoms with Crippen LogP contribution in [0.25, 0.3) is 0 Å². The molecule has 0 aliphatic carbocycles. The van der Waals surface area contributed by atoms with Gasteiger partial charge in [0.15, 0.2) is 0 Å². The van der Waals surface area contributed by atoms with Crippen molar-refractivity contribution in [2.75, 3.05) is 13.2 Å². The van der Waals surface area contributed by atoms with Crippen LogP contribution in [0.5, 0.6) is 0 Å². The topological polar surface area (TPSA) is 46.6 Å². The number of carbonyl (C=O) groups excluding carboxylic acids is 2. The van der Waals surface area contributed by atoms with Gasteiger partial charge >= 0.3 is 6.09 Å². The van der Waals surface area contributed by atoms with Crippen molar-refractivity contribution in [3.05, 3.63) is 0 Å². The van der Waals surface area contributed by atoms with Gasteiger partial charge in [0, 0.05) is 6.54 Å². The van der Waals surface area contributed by atoms with Gasteiger partial charge in [-0.3, -0.25) is 9.69 Å². The Labute approximate surface area is 113 Å². The maximum atomic E-state index is 11.5. The van der Waals surface area contributed by atoms with Gasteiger partial charge in [-0.05, 0) is 24.4 Å². The highest BCUT2D eigenvalue weighted by Crippen LogP contribution is 2.27. The molecule has 1 unspecified atom stereocenters. The standard InChI is InChI=1S/C8H9Cl4NO3/c9-6(14)5-2-1-3-13(5)7(15)16-4-8(10,11)12/h5H,1-4H2. The zero-order valence-corrected chi connectivity index (χ0v) is 11.1. The first-order chi connectivity index (χ1) is 7.31. The minimum absolute atomic E-state index is 0.365. The number of nitrogens with zero attached hydrogens (tertiary/aromatic N) is 1. The molecule has 0 bridgehead atoms. The fourth-order valence-corrected chi connectivity index (χ4v) is 1.84. The van der Waals surface area contributed by atoms with Crippen LogP contribution in [-0.2, 0) is 9.53 Å². The second-order valence-corrected chi connectivity index (χ2v) is 6.21. The van der Waals surface area contributed by atoms with Crippen LogP contribution in [0.3, 0.4) is 0 Å². The number of carbonyl (C=O) groups is 2. The predicted molar refractivity (Wildman–Crippen MR) is 62.2 cm³/mol. The largest absolute Gasteiger partial charge is 0.445 e. The average Bonchev–Trinajstić information content (AvgIpc) is 2.61. The van der Waals surface area contributed by atoms with Gasteiger partial charge in [-0.15, -0.1) is 0 Å². The number of rotatable bonds is 2. The Balaban J connectivity index is 2.50. The van der Waals surface area contributed by atoms with E-state index in [0.717, 1.165) is 0 Å². The normalized spacial score (nSPS) is 21.0. The molecule has 0 radical (unpaired) electrons. The number of likely N-dealkylation sites (tertiary alicyclic amines) is 1. The van der Waals surface area contributed by atoms with E-state index in [9.17, 15) is 9.59 Å². The van der Waals surface area contributed by atoms with Crippen LogP contribution in [-0.4, -0.2) is 39.2 Å². The first-order valence-electron chi connectivity index (χ1n) is 4.51. The van der Waals surface area contributed by atoms with Crippen molar-refractivity contribution in [1.82, 2.24) is 4.90 Å². The van der Waals surface area contributed by atoms with Crippen LogP contribution in [0.2, 0.25) is 0 Å². The highest BCUT2D eigenvalue weighted by atomic mass is 35.6. The molecule has 1 fully saturated rings. The van der Waals surface area contributed by atoms with E-state index in [1.807, 2.05) is 0 Å². The number of hydrogen-bond donors (Lipinski definition) is 0. The van der Waals surface area contributed by atoms with Crippen molar-refractivity contribution in [3.8, 4) is 0 Å². The molecule has 1 aliphatic heterocycles. The lowest BCUT2D eigenvalue weighted by Crippen LogP contribution is -2.40. The third-order valence-corrected chi connectivity index (χ3v) is 2.69. The minimum Gasteiger partial charge on any atom is -0.445 e. The van der Waals surface area contributed by atoms with Crippen molar-refractivity contribution >= 4 is 57.7 Å². The maximum Gasteiger partial charge on any atom is 0.410 e. The summed E-state index contributed by atoms with van der Waals surface area (Å²) < 4.78 is 3.09. The molecule has 4 nitrogen and oxygen atoms in total. The summed E-state index contributed by atoms with van der Waals surface area (Å²) in [5.41, 5.74) is 0. The minimum atomic E-state index is -1.66. The molecule has 1 aliphatic rings. The van der Waals surface area contributed by atoms with E-state index in [4.69, 9.17) is 51.1 Å². The first kappa shape index (κ1) is 14.2. The zero-order chi connectivity index (χ0) is 12.3. The molecule has 1 rings (SSSR count). The molecule has 8 heteroatoms. The number of amides is 1. The molecule has 0 saturated carbocycles. The van der Waals surface area contributed by atoms with Crippen molar-refractivity contribution in [3.63, 3.8) is 0 Å². The van der Waals surface area contributed by atoms with E-state index in [1.165, 1.54) is 4.90 Å². The van der Waals surface area contributed by atoms with Gasteiger partial charge < -0.3 is 4.74 Å². The summed E-state index contributed by atoms with van der Waals surface area (Å²) in [5, 5.41) is -0.580. The van der Waals surface area contributed by atoms with E-state index < -0.39 is 21.2 Å². The molecule has 0 aromatic heterocycles. The van der Waals surface area contributed by atoms with E-state index in [-0.39, 0.29) is 6.61 Å². The van der Waals surface area contributed by atoms with Crippen LogP contribution < -0.4 is 0 Å². The second-order valence-electron chi connectivity index (χ2n) is 3.33. The summed E-state index contributed by atoms with van der Waals surface area (Å²) in [6, 6.07) is -0.635. The van der Waals surface area contributed by atoms with Gasteiger partial charge in [-0.25, -0.2) is 4.79 Å². The second kappa shape index (κ2) is 5.63. The van der Waals surface area contributed by atoms with Crippen molar-refractivity contribution in [1.29, 1.82) is 0 Å². The van der Waals surface area contributed by atoms with E-state index >= 15 is 0 Å². The van der Waals surface area contributed by atoms with Crippen LogP contribution in [0.4, 0.5) is 4.79 Å². The fraction of sp³-hybridized carbons (Fsp3) is 0.750. The lowest BCUT2D eigenvalue weighted by Gasteiger charge is -2.22. The number of alkyl halides is 3. The molecule has 1 saturated heterocycles. The van der Waals surface area contributed by atoms with E-state index in [2.05, 4.69) is 0 Å². The smallest absolute Gasteiger partial charge is 0.410 e. The molecule has 1 atom stereocenters. The fourth-order valence-electron chi connectivity index (χ4n) is 1.45. The summed E-state index contributed by atoms with van der Waals surface area (Å²) in [5.74, 6) is 0. The van der Waals surface area contributed by atoms with Crippen molar-refractivity contribution in [2.24, 2.45) is 0 Å². The molecular formula is C8H9Cl4NO3. The van der Waals surface area contributed by atoms with Crippen molar-refractivity contribution in [2.45, 2.75) is 22.7 Å².